The molecule has 0 aliphatic carbocycles. The summed E-state index contributed by atoms with van der Waals surface area (Å²) in [5.74, 6) is 1.26. The Morgan fingerprint density at radius 1 is 1.09 bits per heavy atom. The lowest BCUT2D eigenvalue weighted by Gasteiger charge is -2.11. The molecular weight excluding hydrogens is 456 g/mol. The maximum Gasteiger partial charge on any atom is 0.293 e. The summed E-state index contributed by atoms with van der Waals surface area (Å²) in [6.07, 6.45) is 3.16. The maximum absolute atomic E-state index is 12.3. The molecule has 0 unspecified atom stereocenters. The Hall–Kier alpha value is -4.18. The molecule has 0 saturated carbocycles. The van der Waals surface area contributed by atoms with E-state index in [9.17, 15) is 9.59 Å². The molecule has 34 heavy (non-hydrogen) atoms. The average Bonchev–Trinajstić information content (AvgIpc) is 3.53. The van der Waals surface area contributed by atoms with E-state index >= 15 is 0 Å². The predicted octanol–water partition coefficient (Wildman–Crippen LogP) is 4.43. The second-order valence-electron chi connectivity index (χ2n) is 7.02. The van der Waals surface area contributed by atoms with Crippen molar-refractivity contribution in [2.24, 2.45) is 0 Å². The van der Waals surface area contributed by atoms with Gasteiger partial charge in [0.25, 0.3) is 5.91 Å². The van der Waals surface area contributed by atoms with Gasteiger partial charge in [-0.05, 0) is 36.8 Å². The Kier molecular flexibility index (Phi) is 7.51. The van der Waals surface area contributed by atoms with Crippen molar-refractivity contribution < 1.29 is 23.5 Å². The first-order valence-corrected chi connectivity index (χ1v) is 11.4. The van der Waals surface area contributed by atoms with Crippen LogP contribution < -0.4 is 20.1 Å². The Morgan fingerprint density at radius 2 is 1.94 bits per heavy atom. The molecule has 0 bridgehead atoms. The standard InChI is InChI=1S/C24H22N4O5S/c1-2-31-18-6-3-4-7-19(18)33-22-10-9-16(14-26-22)13-25-21(29)12-17-15-34-24(27-17)28-23(30)20-8-5-11-32-20/h3-11,14-15H,2,12-13H2,1H3,(H,25,29)(H,27,28,30). The molecule has 174 valence electrons. The fraction of sp³-hybridized carbons (Fsp3) is 0.167. The minimum atomic E-state index is -0.392. The Labute approximate surface area is 199 Å². The normalized spacial score (nSPS) is 10.5. The van der Waals surface area contributed by atoms with Gasteiger partial charge in [0.2, 0.25) is 11.8 Å². The van der Waals surface area contributed by atoms with E-state index in [2.05, 4.69) is 20.6 Å². The van der Waals surface area contributed by atoms with Crippen LogP contribution in [0, 0.1) is 0 Å². The molecule has 9 nitrogen and oxygen atoms in total. The summed E-state index contributed by atoms with van der Waals surface area (Å²) in [5.41, 5.74) is 1.38. The van der Waals surface area contributed by atoms with Crippen LogP contribution >= 0.6 is 11.3 Å². The number of para-hydroxylation sites is 2. The fourth-order valence-electron chi connectivity index (χ4n) is 2.94. The Balaban J connectivity index is 1.25. The van der Waals surface area contributed by atoms with Gasteiger partial charge in [0, 0.05) is 24.2 Å². The van der Waals surface area contributed by atoms with Crippen LogP contribution in [0.1, 0.15) is 28.7 Å². The number of aromatic nitrogens is 2. The number of nitrogens with zero attached hydrogens (tertiary/aromatic N) is 2. The highest BCUT2D eigenvalue weighted by Gasteiger charge is 2.13. The molecule has 0 fully saturated rings. The highest BCUT2D eigenvalue weighted by atomic mass is 32.1. The quantitative estimate of drug-likeness (QED) is 0.346. The van der Waals surface area contributed by atoms with Crippen molar-refractivity contribution >= 4 is 28.3 Å². The first kappa shape index (κ1) is 23.0. The molecule has 4 aromatic rings. The minimum Gasteiger partial charge on any atom is -0.490 e. The van der Waals surface area contributed by atoms with Crippen molar-refractivity contribution in [2.45, 2.75) is 19.9 Å². The Morgan fingerprint density at radius 3 is 2.68 bits per heavy atom. The molecule has 0 atom stereocenters. The number of carbonyl (C=O) groups is 2. The molecule has 2 amide bonds. The van der Waals surface area contributed by atoms with E-state index in [4.69, 9.17) is 13.9 Å². The molecule has 4 rings (SSSR count). The lowest BCUT2D eigenvalue weighted by Crippen LogP contribution is -2.24. The van der Waals surface area contributed by atoms with E-state index in [0.29, 0.717) is 41.4 Å². The summed E-state index contributed by atoms with van der Waals surface area (Å²) in [5, 5.41) is 7.61. The number of carbonyl (C=O) groups excluding carboxylic acids is 2. The van der Waals surface area contributed by atoms with Crippen LogP contribution in [0.2, 0.25) is 0 Å². The molecule has 3 aromatic heterocycles. The van der Waals surface area contributed by atoms with Gasteiger partial charge < -0.3 is 19.2 Å². The topological polar surface area (TPSA) is 116 Å². The highest BCUT2D eigenvalue weighted by Crippen LogP contribution is 2.30. The molecule has 0 aliphatic heterocycles. The molecule has 1 aromatic carbocycles. The number of pyridine rings is 1. The van der Waals surface area contributed by atoms with Gasteiger partial charge in [-0.1, -0.05) is 18.2 Å². The van der Waals surface area contributed by atoms with E-state index in [0.717, 1.165) is 5.56 Å². The zero-order valence-electron chi connectivity index (χ0n) is 18.3. The van der Waals surface area contributed by atoms with Crippen molar-refractivity contribution in [3.8, 4) is 17.4 Å². The number of hydrogen-bond acceptors (Lipinski definition) is 8. The van der Waals surface area contributed by atoms with Crippen LogP contribution in [0.15, 0.2) is 70.8 Å². The highest BCUT2D eigenvalue weighted by molar-refractivity contribution is 7.14. The molecular formula is C24H22N4O5S. The lowest BCUT2D eigenvalue weighted by atomic mass is 10.2. The third-order valence-electron chi connectivity index (χ3n) is 4.51. The Bertz CT molecular complexity index is 1240. The first-order valence-electron chi connectivity index (χ1n) is 10.5. The first-order chi connectivity index (χ1) is 16.6. The van der Waals surface area contributed by atoms with Crippen molar-refractivity contribution in [1.29, 1.82) is 0 Å². The van der Waals surface area contributed by atoms with E-state index in [1.54, 1.807) is 29.8 Å². The zero-order valence-corrected chi connectivity index (χ0v) is 19.1. The summed E-state index contributed by atoms with van der Waals surface area (Å²) >= 11 is 1.24. The van der Waals surface area contributed by atoms with Gasteiger partial charge in [-0.15, -0.1) is 11.3 Å². The number of thiazole rings is 1. The van der Waals surface area contributed by atoms with Crippen molar-refractivity contribution in [2.75, 3.05) is 11.9 Å². The van der Waals surface area contributed by atoms with Crippen LogP contribution in [0.3, 0.4) is 0 Å². The van der Waals surface area contributed by atoms with Gasteiger partial charge in [-0.3, -0.25) is 14.9 Å². The summed E-state index contributed by atoms with van der Waals surface area (Å²) in [6, 6.07) is 14.1. The second kappa shape index (κ2) is 11.1. The van der Waals surface area contributed by atoms with Gasteiger partial charge in [-0.2, -0.15) is 0 Å². The zero-order chi connectivity index (χ0) is 23.8. The number of ether oxygens (including phenoxy) is 2. The van der Waals surface area contributed by atoms with Gasteiger partial charge >= 0.3 is 0 Å². The largest absolute Gasteiger partial charge is 0.490 e. The maximum atomic E-state index is 12.3. The van der Waals surface area contributed by atoms with Crippen LogP contribution in [0.4, 0.5) is 5.13 Å². The molecule has 2 N–H and O–H groups in total. The van der Waals surface area contributed by atoms with Gasteiger partial charge in [-0.25, -0.2) is 9.97 Å². The van der Waals surface area contributed by atoms with E-state index in [1.165, 1.54) is 17.6 Å². The van der Waals surface area contributed by atoms with Crippen LogP contribution in [0.25, 0.3) is 0 Å². The molecule has 0 radical (unpaired) electrons. The van der Waals surface area contributed by atoms with E-state index in [-0.39, 0.29) is 18.1 Å². The van der Waals surface area contributed by atoms with Crippen LogP contribution in [-0.2, 0) is 17.8 Å². The van der Waals surface area contributed by atoms with Crippen molar-refractivity contribution in [1.82, 2.24) is 15.3 Å². The van der Waals surface area contributed by atoms with Crippen molar-refractivity contribution in [3.63, 3.8) is 0 Å². The molecule has 10 heteroatoms. The number of nitrogens with one attached hydrogen (secondary N) is 2. The number of furan rings is 1. The number of amides is 2. The van der Waals surface area contributed by atoms with Gasteiger partial charge in [0.15, 0.2) is 22.4 Å². The second-order valence-corrected chi connectivity index (χ2v) is 7.87. The molecule has 0 aliphatic rings. The van der Waals surface area contributed by atoms with E-state index in [1.807, 2.05) is 37.3 Å². The minimum absolute atomic E-state index is 0.0932. The number of anilines is 1. The number of benzene rings is 1. The lowest BCUT2D eigenvalue weighted by molar-refractivity contribution is -0.120. The monoisotopic (exact) mass is 478 g/mol. The third kappa shape index (κ3) is 6.20. The number of hydrogen-bond donors (Lipinski definition) is 2. The number of rotatable bonds is 10. The third-order valence-corrected chi connectivity index (χ3v) is 5.32. The predicted molar refractivity (Wildman–Crippen MR) is 126 cm³/mol. The smallest absolute Gasteiger partial charge is 0.293 e. The molecule has 0 saturated heterocycles. The average molecular weight is 479 g/mol. The molecule has 0 spiro atoms. The van der Waals surface area contributed by atoms with Crippen LogP contribution in [-0.4, -0.2) is 28.4 Å². The fourth-order valence-corrected chi connectivity index (χ4v) is 3.64. The van der Waals surface area contributed by atoms with E-state index < -0.39 is 5.91 Å². The van der Waals surface area contributed by atoms with Gasteiger partial charge in [0.1, 0.15) is 0 Å². The van der Waals surface area contributed by atoms with Crippen LogP contribution in [0.5, 0.6) is 17.4 Å². The SMILES string of the molecule is CCOc1ccccc1Oc1ccc(CNC(=O)Cc2csc(NC(=O)c3ccco3)n2)cn1. The van der Waals surface area contributed by atoms with Crippen molar-refractivity contribution in [3.05, 3.63) is 83.4 Å². The molecule has 3 heterocycles. The summed E-state index contributed by atoms with van der Waals surface area (Å²) in [4.78, 5) is 32.9. The summed E-state index contributed by atoms with van der Waals surface area (Å²) in [6.45, 7) is 2.76. The van der Waals surface area contributed by atoms with Gasteiger partial charge in [0.05, 0.1) is 25.0 Å². The summed E-state index contributed by atoms with van der Waals surface area (Å²) < 4.78 is 16.4. The summed E-state index contributed by atoms with van der Waals surface area (Å²) in [7, 11) is 0.